The highest BCUT2D eigenvalue weighted by Crippen LogP contribution is 2.57. The Hall–Kier alpha value is -6.06. The molecule has 5 aromatic carbocycles. The molecule has 0 spiro atoms. The summed E-state index contributed by atoms with van der Waals surface area (Å²) in [6.07, 6.45) is 10.3. The largest absolute Gasteiger partial charge is 0.309 e. The van der Waals surface area contributed by atoms with E-state index in [0.717, 1.165) is 28.3 Å². The van der Waals surface area contributed by atoms with Gasteiger partial charge in [-0.3, -0.25) is 9.97 Å². The van der Waals surface area contributed by atoms with E-state index in [1.54, 1.807) is 0 Å². The second-order valence-corrected chi connectivity index (χ2v) is 13.9. The van der Waals surface area contributed by atoms with Gasteiger partial charge < -0.3 is 4.57 Å². The number of para-hydroxylation sites is 1. The van der Waals surface area contributed by atoms with Gasteiger partial charge in [0.15, 0.2) is 0 Å². The van der Waals surface area contributed by atoms with Gasteiger partial charge in [0.2, 0.25) is 0 Å². The number of allylic oxidation sites excluding steroid dienone is 5. The van der Waals surface area contributed by atoms with E-state index in [-0.39, 0.29) is 11.3 Å². The van der Waals surface area contributed by atoms with Gasteiger partial charge in [-0.05, 0) is 79.7 Å². The number of benzene rings is 5. The number of pyridine rings is 2. The van der Waals surface area contributed by atoms with Crippen LogP contribution in [0.1, 0.15) is 36.6 Å². The van der Waals surface area contributed by atoms with E-state index in [0.29, 0.717) is 0 Å². The average molecular weight is 628 g/mol. The Kier molecular flexibility index (Phi) is 5.84. The molecule has 3 aromatic heterocycles. The molecule has 0 fully saturated rings. The van der Waals surface area contributed by atoms with Gasteiger partial charge in [0.05, 0.1) is 33.8 Å². The molecule has 1 atom stereocenters. The summed E-state index contributed by atoms with van der Waals surface area (Å²) in [7, 11) is 0. The lowest BCUT2D eigenvalue weighted by molar-refractivity contribution is 0.670. The summed E-state index contributed by atoms with van der Waals surface area (Å²) >= 11 is 0. The van der Waals surface area contributed by atoms with Crippen molar-refractivity contribution >= 4 is 43.4 Å². The third-order valence-electron chi connectivity index (χ3n) is 10.7. The van der Waals surface area contributed by atoms with E-state index in [2.05, 4.69) is 140 Å². The molecule has 3 heterocycles. The zero-order valence-corrected chi connectivity index (χ0v) is 27.5. The summed E-state index contributed by atoms with van der Waals surface area (Å²) in [4.78, 5) is 9.97. The third-order valence-corrected chi connectivity index (χ3v) is 10.7. The zero-order valence-electron chi connectivity index (χ0n) is 27.5. The fraction of sp³-hybridized carbons (Fsp3) is 0.0870. The smallest absolute Gasteiger partial charge is 0.0910 e. The Labute approximate surface area is 285 Å². The highest BCUT2D eigenvalue weighted by atomic mass is 15.0. The van der Waals surface area contributed by atoms with Crippen LogP contribution in [0.4, 0.5) is 0 Å². The van der Waals surface area contributed by atoms with Crippen LogP contribution in [0.15, 0.2) is 158 Å². The number of aromatic nitrogens is 3. The van der Waals surface area contributed by atoms with Crippen LogP contribution in [-0.4, -0.2) is 14.5 Å². The Bertz CT molecular complexity index is 2760. The van der Waals surface area contributed by atoms with Gasteiger partial charge in [0.1, 0.15) is 0 Å². The first-order chi connectivity index (χ1) is 24.0. The molecule has 0 radical (unpaired) electrons. The Morgan fingerprint density at radius 2 is 1.37 bits per heavy atom. The van der Waals surface area contributed by atoms with Crippen LogP contribution in [-0.2, 0) is 5.41 Å². The fourth-order valence-corrected chi connectivity index (χ4v) is 8.70. The molecule has 10 rings (SSSR count). The molecule has 3 heteroatoms. The lowest BCUT2D eigenvalue weighted by Gasteiger charge is -2.26. The first kappa shape index (κ1) is 28.0. The van der Waals surface area contributed by atoms with Crippen LogP contribution in [0.3, 0.4) is 0 Å². The topological polar surface area (TPSA) is 30.7 Å². The first-order valence-electron chi connectivity index (χ1n) is 17.0. The molecule has 2 aliphatic rings. The van der Waals surface area contributed by atoms with Crippen molar-refractivity contribution in [3.63, 3.8) is 0 Å². The molecular formula is C46H33N3. The van der Waals surface area contributed by atoms with Crippen molar-refractivity contribution in [1.29, 1.82) is 0 Å². The monoisotopic (exact) mass is 627 g/mol. The van der Waals surface area contributed by atoms with Gasteiger partial charge in [0.25, 0.3) is 0 Å². The average Bonchev–Trinajstić information content (AvgIpc) is 3.61. The van der Waals surface area contributed by atoms with Gasteiger partial charge >= 0.3 is 0 Å². The van der Waals surface area contributed by atoms with Crippen molar-refractivity contribution < 1.29 is 0 Å². The van der Waals surface area contributed by atoms with Crippen LogP contribution < -0.4 is 0 Å². The van der Waals surface area contributed by atoms with Gasteiger partial charge in [-0.25, -0.2) is 0 Å². The number of hydrogen-bond acceptors (Lipinski definition) is 2. The summed E-state index contributed by atoms with van der Waals surface area (Å²) < 4.78 is 2.49. The molecule has 0 saturated carbocycles. The molecule has 0 aliphatic heterocycles. The summed E-state index contributed by atoms with van der Waals surface area (Å²) in [6.45, 7) is 9.24. The molecule has 49 heavy (non-hydrogen) atoms. The minimum atomic E-state index is -0.273. The van der Waals surface area contributed by atoms with Crippen molar-refractivity contribution in [2.75, 3.05) is 0 Å². The fourth-order valence-electron chi connectivity index (χ4n) is 8.70. The number of nitrogens with zero attached hydrogens (tertiary/aromatic N) is 3. The van der Waals surface area contributed by atoms with Crippen LogP contribution in [0.25, 0.3) is 71.6 Å². The highest BCUT2D eigenvalue weighted by molar-refractivity contribution is 6.21. The van der Waals surface area contributed by atoms with E-state index in [1.807, 2.05) is 30.5 Å². The maximum Gasteiger partial charge on any atom is 0.0910 e. The molecule has 0 N–H and O–H groups in total. The molecule has 1 unspecified atom stereocenters. The second-order valence-electron chi connectivity index (χ2n) is 13.9. The molecule has 0 bridgehead atoms. The normalized spacial score (nSPS) is 16.2. The van der Waals surface area contributed by atoms with Crippen LogP contribution >= 0.6 is 0 Å². The third kappa shape index (κ3) is 3.90. The summed E-state index contributed by atoms with van der Waals surface area (Å²) in [6, 6.07) is 41.9. The molecule has 3 nitrogen and oxygen atoms in total. The predicted molar refractivity (Wildman–Crippen MR) is 205 cm³/mol. The molecule has 8 aromatic rings. The minimum Gasteiger partial charge on any atom is -0.309 e. The SMILES string of the molecule is C=C1C=CC=CC1c1cc(-n2c3ccccc3c3ccc4c(c32)C(C)(C)c2c-4c3ccccc3c3ccccc23)cc(-c2ccccn2)n1. The molecule has 0 amide bonds. The van der Waals surface area contributed by atoms with Gasteiger partial charge in [-0.1, -0.05) is 130 Å². The highest BCUT2D eigenvalue weighted by Gasteiger charge is 2.41. The minimum absolute atomic E-state index is 0.0235. The molecular weight excluding hydrogens is 595 g/mol. The molecule has 232 valence electrons. The second kappa shape index (κ2) is 10.2. The lowest BCUT2D eigenvalue weighted by atomic mass is 9.78. The quantitative estimate of drug-likeness (QED) is 0.183. The predicted octanol–water partition coefficient (Wildman–Crippen LogP) is 11.6. The standard InChI is InChI=1S/C46H33N3/c1-28-14-4-5-15-30(28)39-26-29(27-40(48-39)38-21-12-13-25-47-38)49-41-22-11-10-18-33(41)36-23-24-37-42-34-19-8-6-16-31(34)32-17-7-9-20-35(32)43(42)46(2,3)44(37)45(36)49/h4-27,30H,1H2,2-3H3. The summed E-state index contributed by atoms with van der Waals surface area (Å²) in [5.74, 6) is -0.0235. The van der Waals surface area contributed by atoms with Crippen molar-refractivity contribution in [3.05, 3.63) is 175 Å². The van der Waals surface area contributed by atoms with E-state index in [4.69, 9.17) is 9.97 Å². The maximum atomic E-state index is 5.23. The van der Waals surface area contributed by atoms with Crippen molar-refractivity contribution in [2.24, 2.45) is 0 Å². The Morgan fingerprint density at radius 1 is 0.653 bits per heavy atom. The van der Waals surface area contributed by atoms with Crippen LogP contribution in [0, 0.1) is 0 Å². The first-order valence-corrected chi connectivity index (χ1v) is 17.0. The lowest BCUT2D eigenvalue weighted by Crippen LogP contribution is -2.17. The summed E-state index contributed by atoms with van der Waals surface area (Å²) in [5, 5.41) is 7.74. The number of hydrogen-bond donors (Lipinski definition) is 0. The van der Waals surface area contributed by atoms with Crippen molar-refractivity contribution in [1.82, 2.24) is 14.5 Å². The number of fused-ring (bicyclic) bond motifs is 12. The van der Waals surface area contributed by atoms with E-state index in [9.17, 15) is 0 Å². The van der Waals surface area contributed by atoms with Crippen molar-refractivity contribution in [2.45, 2.75) is 25.2 Å². The molecule has 0 saturated heterocycles. The Morgan fingerprint density at radius 3 is 2.14 bits per heavy atom. The summed E-state index contributed by atoms with van der Waals surface area (Å²) in [5.41, 5.74) is 12.3. The van der Waals surface area contributed by atoms with E-state index >= 15 is 0 Å². The van der Waals surface area contributed by atoms with Crippen molar-refractivity contribution in [3.8, 4) is 28.2 Å². The zero-order chi connectivity index (χ0) is 32.9. The van der Waals surface area contributed by atoms with Gasteiger partial charge in [-0.2, -0.15) is 0 Å². The maximum absolute atomic E-state index is 5.23. The van der Waals surface area contributed by atoms with E-state index in [1.165, 1.54) is 65.6 Å². The van der Waals surface area contributed by atoms with Gasteiger partial charge in [0, 0.05) is 28.3 Å². The number of rotatable bonds is 3. The molecule has 2 aliphatic carbocycles. The van der Waals surface area contributed by atoms with Gasteiger partial charge in [-0.15, -0.1) is 0 Å². The van der Waals surface area contributed by atoms with Crippen LogP contribution in [0.5, 0.6) is 0 Å². The van der Waals surface area contributed by atoms with E-state index < -0.39 is 0 Å². The van der Waals surface area contributed by atoms with Crippen LogP contribution in [0.2, 0.25) is 0 Å². The Balaban J connectivity index is 1.35.